The number of hydrogen-bond donors (Lipinski definition) is 1. The summed E-state index contributed by atoms with van der Waals surface area (Å²) in [6, 6.07) is 5.69. The van der Waals surface area contributed by atoms with Crippen molar-refractivity contribution >= 4 is 17.3 Å². The summed E-state index contributed by atoms with van der Waals surface area (Å²) in [5.41, 5.74) is 7.48. The Labute approximate surface area is 78.5 Å². The van der Waals surface area contributed by atoms with Crippen LogP contribution in [-0.2, 0) is 6.42 Å². The molecule has 0 radical (unpaired) electrons. The molecule has 0 fully saturated rings. The van der Waals surface area contributed by atoms with E-state index in [1.807, 2.05) is 12.1 Å². The van der Waals surface area contributed by atoms with E-state index >= 15 is 0 Å². The molecule has 1 rings (SSSR count). The Morgan fingerprint density at radius 1 is 1.42 bits per heavy atom. The van der Waals surface area contributed by atoms with E-state index in [4.69, 9.17) is 17.3 Å². The minimum absolute atomic E-state index is 0.631. The first-order valence-corrected chi connectivity index (χ1v) is 4.51. The third-order valence-corrected chi connectivity index (χ3v) is 2.06. The van der Waals surface area contributed by atoms with Crippen molar-refractivity contribution in [3.05, 3.63) is 28.8 Å². The van der Waals surface area contributed by atoms with Gasteiger partial charge >= 0.3 is 0 Å². The van der Waals surface area contributed by atoms with Gasteiger partial charge in [-0.15, -0.1) is 0 Å². The van der Waals surface area contributed by atoms with Crippen LogP contribution in [0.25, 0.3) is 0 Å². The van der Waals surface area contributed by atoms with Crippen LogP contribution in [-0.4, -0.2) is 0 Å². The summed E-state index contributed by atoms with van der Waals surface area (Å²) in [6.07, 6.45) is 1.01. The smallest absolute Gasteiger partial charge is 0.0458 e. The first-order chi connectivity index (χ1) is 5.59. The molecule has 0 aliphatic heterocycles. The molecule has 0 aliphatic carbocycles. The summed E-state index contributed by atoms with van der Waals surface area (Å²) in [4.78, 5) is 0. The van der Waals surface area contributed by atoms with Crippen molar-refractivity contribution in [2.24, 2.45) is 5.92 Å². The number of anilines is 1. The van der Waals surface area contributed by atoms with Crippen molar-refractivity contribution in [3.63, 3.8) is 0 Å². The average molecular weight is 184 g/mol. The van der Waals surface area contributed by atoms with Gasteiger partial charge < -0.3 is 5.73 Å². The van der Waals surface area contributed by atoms with Gasteiger partial charge in [0.1, 0.15) is 0 Å². The summed E-state index contributed by atoms with van der Waals surface area (Å²) >= 11 is 5.99. The molecule has 0 amide bonds. The standard InChI is InChI=1S/C10H14ClN/c1-7(2)5-8-3-4-9(12)6-10(8)11/h3-4,6-7H,5,12H2,1-2H3. The number of hydrogen-bond acceptors (Lipinski definition) is 1. The highest BCUT2D eigenvalue weighted by molar-refractivity contribution is 6.31. The molecular formula is C10H14ClN. The molecule has 0 atom stereocenters. The minimum atomic E-state index is 0.631. The van der Waals surface area contributed by atoms with Gasteiger partial charge in [0.15, 0.2) is 0 Å². The van der Waals surface area contributed by atoms with Crippen molar-refractivity contribution in [3.8, 4) is 0 Å². The van der Waals surface area contributed by atoms with E-state index in [9.17, 15) is 0 Å². The zero-order valence-corrected chi connectivity index (χ0v) is 8.23. The molecule has 1 aromatic carbocycles. The molecule has 0 aromatic heterocycles. The molecule has 2 N–H and O–H groups in total. The van der Waals surface area contributed by atoms with E-state index in [-0.39, 0.29) is 0 Å². The quantitative estimate of drug-likeness (QED) is 0.701. The molecule has 1 nitrogen and oxygen atoms in total. The Bertz CT molecular complexity index is 269. The Balaban J connectivity index is 2.86. The van der Waals surface area contributed by atoms with Crippen molar-refractivity contribution in [2.75, 3.05) is 5.73 Å². The zero-order valence-electron chi connectivity index (χ0n) is 7.47. The summed E-state index contributed by atoms with van der Waals surface area (Å²) in [6.45, 7) is 4.35. The van der Waals surface area contributed by atoms with E-state index in [1.165, 1.54) is 5.56 Å². The lowest BCUT2D eigenvalue weighted by molar-refractivity contribution is 0.647. The fraction of sp³-hybridized carbons (Fsp3) is 0.400. The Morgan fingerprint density at radius 2 is 2.08 bits per heavy atom. The molecule has 0 saturated heterocycles. The molecule has 0 saturated carbocycles. The lowest BCUT2D eigenvalue weighted by Crippen LogP contribution is -1.95. The third-order valence-electron chi connectivity index (χ3n) is 1.71. The molecule has 0 unspecified atom stereocenters. The van der Waals surface area contributed by atoms with Gasteiger partial charge in [-0.25, -0.2) is 0 Å². The van der Waals surface area contributed by atoms with Crippen LogP contribution >= 0.6 is 11.6 Å². The number of benzene rings is 1. The third kappa shape index (κ3) is 2.42. The number of rotatable bonds is 2. The van der Waals surface area contributed by atoms with Gasteiger partial charge in [0.05, 0.1) is 0 Å². The maximum Gasteiger partial charge on any atom is 0.0458 e. The van der Waals surface area contributed by atoms with E-state index in [2.05, 4.69) is 13.8 Å². The van der Waals surface area contributed by atoms with Crippen LogP contribution in [0.4, 0.5) is 5.69 Å². The minimum Gasteiger partial charge on any atom is -0.399 e. The lowest BCUT2D eigenvalue weighted by Gasteiger charge is -2.07. The van der Waals surface area contributed by atoms with E-state index in [0.717, 1.165) is 17.1 Å². The number of nitrogens with two attached hydrogens (primary N) is 1. The van der Waals surface area contributed by atoms with Crippen molar-refractivity contribution in [1.29, 1.82) is 0 Å². The number of nitrogen functional groups attached to an aromatic ring is 1. The van der Waals surface area contributed by atoms with Crippen molar-refractivity contribution in [2.45, 2.75) is 20.3 Å². The summed E-state index contributed by atoms with van der Waals surface area (Å²) < 4.78 is 0. The second-order valence-corrected chi connectivity index (χ2v) is 3.86. The molecule has 0 heterocycles. The normalized spacial score (nSPS) is 10.7. The largest absolute Gasteiger partial charge is 0.399 e. The molecule has 0 bridgehead atoms. The fourth-order valence-corrected chi connectivity index (χ4v) is 1.44. The Morgan fingerprint density at radius 3 is 2.58 bits per heavy atom. The predicted octanol–water partition coefficient (Wildman–Crippen LogP) is 3.12. The van der Waals surface area contributed by atoms with Gasteiger partial charge in [-0.3, -0.25) is 0 Å². The molecule has 0 spiro atoms. The first kappa shape index (κ1) is 9.40. The van der Waals surface area contributed by atoms with Crippen molar-refractivity contribution in [1.82, 2.24) is 0 Å². The fourth-order valence-electron chi connectivity index (χ4n) is 1.17. The van der Waals surface area contributed by atoms with Crippen LogP contribution in [0.5, 0.6) is 0 Å². The Hall–Kier alpha value is -0.690. The monoisotopic (exact) mass is 183 g/mol. The average Bonchev–Trinajstić information content (AvgIpc) is 1.94. The summed E-state index contributed by atoms with van der Waals surface area (Å²) in [5, 5.41) is 0.781. The number of halogens is 1. The van der Waals surface area contributed by atoms with Crippen LogP contribution in [0.2, 0.25) is 5.02 Å². The van der Waals surface area contributed by atoms with Crippen LogP contribution in [0, 0.1) is 5.92 Å². The van der Waals surface area contributed by atoms with Crippen LogP contribution in [0.3, 0.4) is 0 Å². The van der Waals surface area contributed by atoms with Gasteiger partial charge in [-0.05, 0) is 30.0 Å². The topological polar surface area (TPSA) is 26.0 Å². The zero-order chi connectivity index (χ0) is 9.14. The van der Waals surface area contributed by atoms with Crippen molar-refractivity contribution < 1.29 is 0 Å². The summed E-state index contributed by atoms with van der Waals surface area (Å²) in [7, 11) is 0. The van der Waals surface area contributed by atoms with Gasteiger partial charge in [0, 0.05) is 10.7 Å². The van der Waals surface area contributed by atoms with E-state index in [1.54, 1.807) is 6.07 Å². The van der Waals surface area contributed by atoms with Gasteiger partial charge in [-0.2, -0.15) is 0 Å². The second-order valence-electron chi connectivity index (χ2n) is 3.45. The maximum absolute atomic E-state index is 5.99. The summed E-state index contributed by atoms with van der Waals surface area (Å²) in [5.74, 6) is 0.631. The predicted molar refractivity (Wildman–Crippen MR) is 54.4 cm³/mol. The molecule has 12 heavy (non-hydrogen) atoms. The lowest BCUT2D eigenvalue weighted by atomic mass is 10.0. The van der Waals surface area contributed by atoms with E-state index in [0.29, 0.717) is 5.92 Å². The maximum atomic E-state index is 5.99. The Kier molecular flexibility index (Phi) is 2.99. The van der Waals surface area contributed by atoms with Gasteiger partial charge in [0.25, 0.3) is 0 Å². The van der Waals surface area contributed by atoms with Crippen LogP contribution in [0.1, 0.15) is 19.4 Å². The SMILES string of the molecule is CC(C)Cc1ccc(N)cc1Cl. The molecular weight excluding hydrogens is 170 g/mol. The van der Waals surface area contributed by atoms with Gasteiger partial charge in [0.2, 0.25) is 0 Å². The van der Waals surface area contributed by atoms with Crippen LogP contribution < -0.4 is 5.73 Å². The van der Waals surface area contributed by atoms with E-state index < -0.39 is 0 Å². The van der Waals surface area contributed by atoms with Crippen LogP contribution in [0.15, 0.2) is 18.2 Å². The molecule has 2 heteroatoms. The first-order valence-electron chi connectivity index (χ1n) is 4.13. The highest BCUT2D eigenvalue weighted by atomic mass is 35.5. The second kappa shape index (κ2) is 3.81. The highest BCUT2D eigenvalue weighted by Crippen LogP contribution is 2.21. The van der Waals surface area contributed by atoms with Gasteiger partial charge in [-0.1, -0.05) is 31.5 Å². The highest BCUT2D eigenvalue weighted by Gasteiger charge is 2.02. The molecule has 0 aliphatic rings. The molecule has 1 aromatic rings. The molecule has 66 valence electrons.